The maximum absolute atomic E-state index is 13.3. The third kappa shape index (κ3) is 4.98. The number of nitrogens with one attached hydrogen (secondary N) is 2. The number of para-hydroxylation sites is 1. The van der Waals surface area contributed by atoms with E-state index < -0.39 is 33.4 Å². The fourth-order valence-corrected chi connectivity index (χ4v) is 5.11. The second-order valence-electron chi connectivity index (χ2n) is 8.18. The van der Waals surface area contributed by atoms with Gasteiger partial charge in [0.15, 0.2) is 0 Å². The zero-order valence-electron chi connectivity index (χ0n) is 19.5. The number of benzene rings is 2. The second kappa shape index (κ2) is 9.72. The number of urea groups is 1. The zero-order valence-corrected chi connectivity index (χ0v) is 20.3. The molecule has 0 spiro atoms. The van der Waals surface area contributed by atoms with Crippen molar-refractivity contribution in [3.05, 3.63) is 48.5 Å². The number of hydrogen-bond acceptors (Lipinski definition) is 6. The van der Waals surface area contributed by atoms with Crippen LogP contribution in [0.15, 0.2) is 53.4 Å². The molecule has 4 amide bonds. The van der Waals surface area contributed by atoms with Crippen LogP contribution in [0.25, 0.3) is 0 Å². The van der Waals surface area contributed by atoms with Crippen molar-refractivity contribution >= 4 is 39.2 Å². The number of carbonyl (C=O) groups is 3. The maximum Gasteiger partial charge on any atom is 0.325 e. The highest BCUT2D eigenvalue weighted by Crippen LogP contribution is 2.31. The minimum Gasteiger partial charge on any atom is -0.495 e. The van der Waals surface area contributed by atoms with Crippen molar-refractivity contribution in [1.29, 1.82) is 0 Å². The molecule has 1 fully saturated rings. The van der Waals surface area contributed by atoms with Crippen LogP contribution >= 0.6 is 0 Å². The molecule has 11 heteroatoms. The van der Waals surface area contributed by atoms with Gasteiger partial charge in [-0.15, -0.1) is 0 Å². The predicted octanol–water partition coefficient (Wildman–Crippen LogP) is 2.57. The Hall–Kier alpha value is -3.60. The van der Waals surface area contributed by atoms with Gasteiger partial charge in [0.2, 0.25) is 5.91 Å². The molecule has 1 heterocycles. The molecule has 0 aliphatic carbocycles. The molecule has 0 radical (unpaired) electrons. The second-order valence-corrected chi connectivity index (χ2v) is 10.0. The van der Waals surface area contributed by atoms with E-state index in [1.807, 2.05) is 0 Å². The minimum atomic E-state index is -3.92. The van der Waals surface area contributed by atoms with Crippen LogP contribution in [0.3, 0.4) is 0 Å². The van der Waals surface area contributed by atoms with Crippen molar-refractivity contribution in [3.63, 3.8) is 0 Å². The van der Waals surface area contributed by atoms with Gasteiger partial charge >= 0.3 is 6.03 Å². The number of hydrogen-bond donors (Lipinski definition) is 2. The molecule has 0 unspecified atom stereocenters. The van der Waals surface area contributed by atoms with Crippen molar-refractivity contribution in [3.8, 4) is 5.75 Å². The third-order valence-corrected chi connectivity index (χ3v) is 7.27. The summed E-state index contributed by atoms with van der Waals surface area (Å²) < 4.78 is 33.2. The molecule has 2 aromatic carbocycles. The van der Waals surface area contributed by atoms with Crippen molar-refractivity contribution < 1.29 is 27.5 Å². The van der Waals surface area contributed by atoms with Gasteiger partial charge in [0, 0.05) is 19.5 Å². The normalized spacial score (nSPS) is 15.1. The lowest BCUT2D eigenvalue weighted by Crippen LogP contribution is -2.40. The van der Waals surface area contributed by atoms with E-state index in [0.29, 0.717) is 5.69 Å². The Bertz CT molecular complexity index is 1200. The van der Waals surface area contributed by atoms with Crippen molar-refractivity contribution in [2.45, 2.75) is 37.6 Å². The van der Waals surface area contributed by atoms with Gasteiger partial charge in [-0.25, -0.2) is 13.2 Å². The summed E-state index contributed by atoms with van der Waals surface area (Å²) in [6.45, 7) is 4.99. The first-order valence-corrected chi connectivity index (χ1v) is 12.1. The Kier molecular flexibility index (Phi) is 7.15. The fourth-order valence-electron chi connectivity index (χ4n) is 3.61. The number of anilines is 2. The molecule has 10 nitrogen and oxygen atoms in total. The zero-order chi connectivity index (χ0) is 25.1. The molecule has 2 N–H and O–H groups in total. The summed E-state index contributed by atoms with van der Waals surface area (Å²) in [7, 11) is -2.52. The highest BCUT2D eigenvalue weighted by molar-refractivity contribution is 7.92. The van der Waals surface area contributed by atoms with E-state index in [9.17, 15) is 22.8 Å². The van der Waals surface area contributed by atoms with E-state index in [2.05, 4.69) is 10.6 Å². The van der Waals surface area contributed by atoms with Crippen LogP contribution in [0.4, 0.5) is 16.2 Å². The Morgan fingerprint density at radius 3 is 2.38 bits per heavy atom. The highest BCUT2D eigenvalue weighted by atomic mass is 32.2. The van der Waals surface area contributed by atoms with E-state index >= 15 is 0 Å². The SMILES string of the molecule is CCN(c1ccccc1)S(=O)(=O)c1ccc(OC)c(NC(=O)CCN2C(=O)NC(C)(C)C2=O)c1. The summed E-state index contributed by atoms with van der Waals surface area (Å²) in [6.07, 6.45) is -0.166. The van der Waals surface area contributed by atoms with Gasteiger partial charge in [-0.1, -0.05) is 18.2 Å². The largest absolute Gasteiger partial charge is 0.495 e. The molecule has 34 heavy (non-hydrogen) atoms. The molecule has 1 aliphatic rings. The molecule has 182 valence electrons. The monoisotopic (exact) mass is 488 g/mol. The topological polar surface area (TPSA) is 125 Å². The highest BCUT2D eigenvalue weighted by Gasteiger charge is 2.44. The number of nitrogens with zero attached hydrogens (tertiary/aromatic N) is 2. The van der Waals surface area contributed by atoms with Crippen LogP contribution in [-0.4, -0.2) is 56.9 Å². The Labute approximate surface area is 198 Å². The first-order valence-electron chi connectivity index (χ1n) is 10.7. The molecular formula is C23H28N4O6S. The summed E-state index contributed by atoms with van der Waals surface area (Å²) in [5, 5.41) is 5.18. The minimum absolute atomic E-state index is 0.0230. The van der Waals surface area contributed by atoms with E-state index in [1.165, 1.54) is 29.6 Å². The van der Waals surface area contributed by atoms with E-state index in [-0.39, 0.29) is 35.8 Å². The lowest BCUT2D eigenvalue weighted by Gasteiger charge is -2.23. The number of amides is 4. The number of rotatable bonds is 9. The number of ether oxygens (including phenoxy) is 1. The molecule has 1 aliphatic heterocycles. The van der Waals surface area contributed by atoms with Crippen LogP contribution in [0, 0.1) is 0 Å². The lowest BCUT2D eigenvalue weighted by atomic mass is 10.1. The van der Waals surface area contributed by atoms with E-state index in [1.54, 1.807) is 51.1 Å². The number of imide groups is 1. The van der Waals surface area contributed by atoms with Gasteiger partial charge in [0.05, 0.1) is 23.4 Å². The summed E-state index contributed by atoms with van der Waals surface area (Å²) in [4.78, 5) is 37.8. The van der Waals surface area contributed by atoms with Gasteiger partial charge in [0.25, 0.3) is 15.9 Å². The van der Waals surface area contributed by atoms with Gasteiger partial charge in [-0.2, -0.15) is 0 Å². The van der Waals surface area contributed by atoms with Gasteiger partial charge < -0.3 is 15.4 Å². The molecular weight excluding hydrogens is 460 g/mol. The first kappa shape index (κ1) is 25.0. The molecule has 3 rings (SSSR count). The fraction of sp³-hybridized carbons (Fsp3) is 0.348. The third-order valence-electron chi connectivity index (χ3n) is 5.37. The van der Waals surface area contributed by atoms with Crippen LogP contribution in [0.1, 0.15) is 27.2 Å². The number of methoxy groups -OCH3 is 1. The van der Waals surface area contributed by atoms with E-state index in [0.717, 1.165) is 4.90 Å². The maximum atomic E-state index is 13.3. The smallest absolute Gasteiger partial charge is 0.325 e. The number of carbonyl (C=O) groups excluding carboxylic acids is 3. The van der Waals surface area contributed by atoms with Crippen LogP contribution in [-0.2, 0) is 19.6 Å². The summed E-state index contributed by atoms with van der Waals surface area (Å²) in [6, 6.07) is 12.3. The average molecular weight is 489 g/mol. The predicted molar refractivity (Wildman–Crippen MR) is 127 cm³/mol. The quantitative estimate of drug-likeness (QED) is 0.523. The standard InChI is InChI=1S/C23H28N4O6S/c1-5-27(16-9-7-6-8-10-16)34(31,32)17-11-12-19(33-4)18(15-17)24-20(28)13-14-26-21(29)23(2,3)25-22(26)30/h6-12,15H,5,13-14H2,1-4H3,(H,24,28)(H,25,30). The molecule has 0 atom stereocenters. The molecule has 1 saturated heterocycles. The van der Waals surface area contributed by atoms with Crippen LogP contribution < -0.4 is 19.7 Å². The van der Waals surface area contributed by atoms with Crippen molar-refractivity contribution in [2.75, 3.05) is 29.8 Å². The van der Waals surface area contributed by atoms with Crippen molar-refractivity contribution in [2.24, 2.45) is 0 Å². The molecule has 0 aromatic heterocycles. The number of sulfonamides is 1. The van der Waals surface area contributed by atoms with Crippen LogP contribution in [0.2, 0.25) is 0 Å². The summed E-state index contributed by atoms with van der Waals surface area (Å²) in [5.41, 5.74) is -0.346. The van der Waals surface area contributed by atoms with Gasteiger partial charge in [-0.05, 0) is 51.1 Å². The molecule has 0 saturated carbocycles. The lowest BCUT2D eigenvalue weighted by molar-refractivity contribution is -0.130. The Morgan fingerprint density at radius 2 is 1.82 bits per heavy atom. The van der Waals surface area contributed by atoms with Crippen LogP contribution in [0.5, 0.6) is 5.75 Å². The Morgan fingerprint density at radius 1 is 1.15 bits per heavy atom. The summed E-state index contributed by atoms with van der Waals surface area (Å²) in [5.74, 6) is -0.656. The van der Waals surface area contributed by atoms with Gasteiger partial charge in [0.1, 0.15) is 11.3 Å². The average Bonchev–Trinajstić information content (AvgIpc) is 2.99. The molecule has 2 aromatic rings. The van der Waals surface area contributed by atoms with Gasteiger partial charge in [-0.3, -0.25) is 18.8 Å². The van der Waals surface area contributed by atoms with E-state index in [4.69, 9.17) is 4.74 Å². The Balaban J connectivity index is 1.79. The van der Waals surface area contributed by atoms with Crippen molar-refractivity contribution in [1.82, 2.24) is 10.2 Å². The first-order chi connectivity index (χ1) is 16.0. The summed E-state index contributed by atoms with van der Waals surface area (Å²) >= 11 is 0. The molecule has 0 bridgehead atoms.